The van der Waals surface area contributed by atoms with E-state index in [0.29, 0.717) is 41.5 Å². The van der Waals surface area contributed by atoms with Crippen molar-refractivity contribution < 1.29 is 19.0 Å². The van der Waals surface area contributed by atoms with Crippen molar-refractivity contribution in [2.75, 3.05) is 13.2 Å². The van der Waals surface area contributed by atoms with Crippen molar-refractivity contribution in [1.29, 1.82) is 0 Å². The number of hydrogen-bond acceptors (Lipinski definition) is 7. The van der Waals surface area contributed by atoms with Gasteiger partial charge in [-0.05, 0) is 43.2 Å². The monoisotopic (exact) mass is 397 g/mol. The minimum atomic E-state index is -0.608. The Morgan fingerprint density at radius 2 is 1.90 bits per heavy atom. The van der Waals surface area contributed by atoms with Gasteiger partial charge in [-0.2, -0.15) is 4.68 Å². The molecule has 152 valence electrons. The van der Waals surface area contributed by atoms with Gasteiger partial charge in [0.25, 0.3) is 5.56 Å². The highest BCUT2D eigenvalue weighted by atomic mass is 16.5. The molecule has 0 bridgehead atoms. The number of hydrogen-bond donors (Lipinski definition) is 0. The van der Waals surface area contributed by atoms with E-state index in [1.54, 1.807) is 42.5 Å². The first-order valence-corrected chi connectivity index (χ1v) is 9.39. The summed E-state index contributed by atoms with van der Waals surface area (Å²) in [7, 11) is 0. The Labute approximate surface area is 168 Å². The van der Waals surface area contributed by atoms with Gasteiger partial charge in [0.15, 0.2) is 18.2 Å². The van der Waals surface area contributed by atoms with E-state index in [9.17, 15) is 9.59 Å². The van der Waals surface area contributed by atoms with Crippen LogP contribution in [0.25, 0.3) is 10.9 Å². The Balaban J connectivity index is 1.74. The van der Waals surface area contributed by atoms with E-state index < -0.39 is 5.97 Å². The van der Waals surface area contributed by atoms with Crippen molar-refractivity contribution in [2.24, 2.45) is 5.92 Å². The normalized spacial score (nSPS) is 10.9. The van der Waals surface area contributed by atoms with Gasteiger partial charge < -0.3 is 14.2 Å². The summed E-state index contributed by atoms with van der Waals surface area (Å²) in [6.07, 6.45) is 0. The summed E-state index contributed by atoms with van der Waals surface area (Å²) in [5, 5.41) is 8.18. The topological polar surface area (TPSA) is 92.5 Å². The van der Waals surface area contributed by atoms with Crippen molar-refractivity contribution in [3.63, 3.8) is 0 Å². The van der Waals surface area contributed by atoms with Crippen LogP contribution in [0.4, 0.5) is 0 Å². The van der Waals surface area contributed by atoms with Crippen molar-refractivity contribution in [2.45, 2.75) is 27.5 Å². The Hall–Kier alpha value is -3.42. The fourth-order valence-electron chi connectivity index (χ4n) is 2.59. The molecule has 0 N–H and O–H groups in total. The summed E-state index contributed by atoms with van der Waals surface area (Å²) in [5.41, 5.74) is 0.390. The zero-order valence-electron chi connectivity index (χ0n) is 16.6. The molecule has 1 aromatic heterocycles. The Kier molecular flexibility index (Phi) is 6.43. The summed E-state index contributed by atoms with van der Waals surface area (Å²) in [5.74, 6) is 0.776. The van der Waals surface area contributed by atoms with Crippen LogP contribution in [0.15, 0.2) is 47.3 Å². The molecule has 0 unspecified atom stereocenters. The molecule has 0 spiro atoms. The highest BCUT2D eigenvalue weighted by molar-refractivity contribution is 5.90. The fraction of sp³-hybridized carbons (Fsp3) is 0.333. The van der Waals surface area contributed by atoms with Crippen LogP contribution in [0.5, 0.6) is 11.5 Å². The number of benzene rings is 2. The average molecular weight is 397 g/mol. The maximum Gasteiger partial charge on any atom is 0.340 e. The van der Waals surface area contributed by atoms with Gasteiger partial charge in [-0.3, -0.25) is 4.79 Å². The van der Waals surface area contributed by atoms with Crippen LogP contribution in [-0.2, 0) is 11.5 Å². The third kappa shape index (κ3) is 4.90. The van der Waals surface area contributed by atoms with Crippen LogP contribution < -0.4 is 15.0 Å². The highest BCUT2D eigenvalue weighted by Crippen LogP contribution is 2.29. The molecule has 8 nitrogen and oxygen atoms in total. The quantitative estimate of drug-likeness (QED) is 0.539. The van der Waals surface area contributed by atoms with E-state index in [1.165, 1.54) is 0 Å². The lowest BCUT2D eigenvalue weighted by atomic mass is 10.2. The summed E-state index contributed by atoms with van der Waals surface area (Å²) in [6.45, 7) is 6.56. The molecule has 0 amide bonds. The SMILES string of the molecule is CCOc1cc(C(=O)OCn2nnc3ccccc3c2=O)ccc1OCC(C)C. The van der Waals surface area contributed by atoms with Crippen molar-refractivity contribution in [1.82, 2.24) is 15.0 Å². The van der Waals surface area contributed by atoms with E-state index in [4.69, 9.17) is 14.2 Å². The van der Waals surface area contributed by atoms with Crippen LogP contribution in [0.1, 0.15) is 31.1 Å². The number of carbonyl (C=O) groups is 1. The second-order valence-electron chi connectivity index (χ2n) is 6.77. The summed E-state index contributed by atoms with van der Waals surface area (Å²) < 4.78 is 17.6. The maximum atomic E-state index is 12.4. The predicted octanol–water partition coefficient (Wildman–Crippen LogP) is 3.04. The maximum absolute atomic E-state index is 12.4. The smallest absolute Gasteiger partial charge is 0.340 e. The van der Waals surface area contributed by atoms with E-state index in [1.807, 2.05) is 20.8 Å². The Morgan fingerprint density at radius 1 is 1.10 bits per heavy atom. The molecule has 0 atom stereocenters. The third-order valence-corrected chi connectivity index (χ3v) is 4.00. The lowest BCUT2D eigenvalue weighted by Gasteiger charge is -2.14. The molecule has 8 heteroatoms. The lowest BCUT2D eigenvalue weighted by molar-refractivity contribution is 0.0335. The second kappa shape index (κ2) is 9.18. The molecule has 2 aromatic carbocycles. The molecule has 0 aliphatic heterocycles. The molecular weight excluding hydrogens is 374 g/mol. The first-order chi connectivity index (χ1) is 14.0. The van der Waals surface area contributed by atoms with Crippen LogP contribution >= 0.6 is 0 Å². The zero-order chi connectivity index (χ0) is 20.8. The largest absolute Gasteiger partial charge is 0.490 e. The summed E-state index contributed by atoms with van der Waals surface area (Å²) in [4.78, 5) is 24.9. The van der Waals surface area contributed by atoms with Crippen LogP contribution in [0, 0.1) is 5.92 Å². The Morgan fingerprint density at radius 3 is 2.66 bits per heavy atom. The van der Waals surface area contributed by atoms with E-state index in [2.05, 4.69) is 10.3 Å². The molecule has 0 radical (unpaired) electrons. The van der Waals surface area contributed by atoms with Gasteiger partial charge in [-0.15, -0.1) is 5.10 Å². The van der Waals surface area contributed by atoms with Gasteiger partial charge in [0.2, 0.25) is 0 Å². The molecular formula is C21H23N3O5. The van der Waals surface area contributed by atoms with Gasteiger partial charge in [-0.25, -0.2) is 4.79 Å². The fourth-order valence-corrected chi connectivity index (χ4v) is 2.59. The number of aromatic nitrogens is 3. The predicted molar refractivity (Wildman–Crippen MR) is 107 cm³/mol. The van der Waals surface area contributed by atoms with Gasteiger partial charge >= 0.3 is 5.97 Å². The third-order valence-electron chi connectivity index (χ3n) is 4.00. The van der Waals surface area contributed by atoms with E-state index in [-0.39, 0.29) is 17.9 Å². The molecule has 29 heavy (non-hydrogen) atoms. The molecule has 0 aliphatic carbocycles. The molecule has 3 rings (SSSR count). The lowest BCUT2D eigenvalue weighted by Crippen LogP contribution is -2.26. The van der Waals surface area contributed by atoms with Gasteiger partial charge in [-0.1, -0.05) is 31.2 Å². The number of ether oxygens (including phenoxy) is 3. The molecule has 1 heterocycles. The number of rotatable bonds is 8. The number of fused-ring (bicyclic) bond motifs is 1. The first kappa shape index (κ1) is 20.3. The Bertz CT molecular complexity index is 1060. The number of nitrogens with zero attached hydrogens (tertiary/aromatic N) is 3. The summed E-state index contributed by atoms with van der Waals surface area (Å²) in [6, 6.07) is 11.7. The minimum absolute atomic E-state index is 0.284. The number of carbonyl (C=O) groups excluding carboxylic acids is 1. The summed E-state index contributed by atoms with van der Waals surface area (Å²) >= 11 is 0. The molecule has 0 fully saturated rings. The second-order valence-corrected chi connectivity index (χ2v) is 6.77. The molecule has 0 aliphatic rings. The highest BCUT2D eigenvalue weighted by Gasteiger charge is 2.14. The van der Waals surface area contributed by atoms with Crippen molar-refractivity contribution in [3.8, 4) is 11.5 Å². The van der Waals surface area contributed by atoms with Crippen LogP contribution in [0.2, 0.25) is 0 Å². The van der Waals surface area contributed by atoms with E-state index in [0.717, 1.165) is 4.68 Å². The minimum Gasteiger partial charge on any atom is -0.490 e. The zero-order valence-corrected chi connectivity index (χ0v) is 16.6. The standard InChI is InChI=1S/C21H23N3O5/c1-4-27-19-11-15(9-10-18(19)28-12-14(2)3)21(26)29-13-24-20(25)16-7-5-6-8-17(16)22-23-24/h5-11,14H,4,12-13H2,1-3H3. The molecule has 0 saturated carbocycles. The van der Waals surface area contributed by atoms with Crippen LogP contribution in [0.3, 0.4) is 0 Å². The van der Waals surface area contributed by atoms with Gasteiger partial charge in [0.05, 0.1) is 24.2 Å². The average Bonchev–Trinajstić information content (AvgIpc) is 2.72. The van der Waals surface area contributed by atoms with Gasteiger partial charge in [0, 0.05) is 0 Å². The molecule has 3 aromatic rings. The van der Waals surface area contributed by atoms with Crippen molar-refractivity contribution in [3.05, 3.63) is 58.4 Å². The first-order valence-electron chi connectivity index (χ1n) is 9.39. The number of esters is 1. The van der Waals surface area contributed by atoms with Crippen LogP contribution in [-0.4, -0.2) is 34.2 Å². The molecule has 0 saturated heterocycles. The van der Waals surface area contributed by atoms with Gasteiger partial charge in [0.1, 0.15) is 5.52 Å². The van der Waals surface area contributed by atoms with E-state index >= 15 is 0 Å². The van der Waals surface area contributed by atoms with Crippen molar-refractivity contribution >= 4 is 16.9 Å².